The summed E-state index contributed by atoms with van der Waals surface area (Å²) in [5.74, 6) is -1.81. The smallest absolute Gasteiger partial charge is 0.350 e. The molecule has 0 aliphatic carbocycles. The molecule has 0 aliphatic heterocycles. The molecule has 1 aromatic carbocycles. The van der Waals surface area contributed by atoms with E-state index in [1.807, 2.05) is 13.8 Å². The zero-order valence-electron chi connectivity index (χ0n) is 12.6. The minimum atomic E-state index is -4.68. The van der Waals surface area contributed by atoms with Crippen LogP contribution in [0.2, 0.25) is 0 Å². The van der Waals surface area contributed by atoms with Crippen molar-refractivity contribution in [2.45, 2.75) is 38.9 Å². The standard InChI is InChI=1S/C15H16F3N3O2/c1-3-4-9(2)19-13(22)11-7-5-10(6-8-11)12-20-14(23-21-12)15(16,17)18/h5-9H,3-4H2,1-2H3,(H,19,22). The normalized spacial score (nSPS) is 12.9. The van der Waals surface area contributed by atoms with E-state index in [2.05, 4.69) is 20.0 Å². The molecule has 124 valence electrons. The van der Waals surface area contributed by atoms with Gasteiger partial charge in [0.2, 0.25) is 5.82 Å². The molecule has 1 atom stereocenters. The number of hydrogen-bond acceptors (Lipinski definition) is 4. The second kappa shape index (κ2) is 6.80. The van der Waals surface area contributed by atoms with E-state index in [1.165, 1.54) is 24.3 Å². The molecule has 1 heterocycles. The first-order chi connectivity index (χ1) is 10.8. The summed E-state index contributed by atoms with van der Waals surface area (Å²) in [5, 5.41) is 6.14. The molecule has 2 rings (SSSR count). The van der Waals surface area contributed by atoms with Crippen molar-refractivity contribution in [2.24, 2.45) is 0 Å². The molecule has 5 nitrogen and oxygen atoms in total. The minimum Gasteiger partial charge on any atom is -0.350 e. The lowest BCUT2D eigenvalue weighted by Crippen LogP contribution is -2.32. The highest BCUT2D eigenvalue weighted by atomic mass is 19.4. The van der Waals surface area contributed by atoms with Crippen LogP contribution in [-0.4, -0.2) is 22.1 Å². The van der Waals surface area contributed by atoms with Crippen LogP contribution in [0.1, 0.15) is 42.9 Å². The first kappa shape index (κ1) is 17.0. The topological polar surface area (TPSA) is 68.0 Å². The van der Waals surface area contributed by atoms with Crippen molar-refractivity contribution < 1.29 is 22.5 Å². The molecule has 0 radical (unpaired) electrons. The fourth-order valence-electron chi connectivity index (χ4n) is 2.04. The van der Waals surface area contributed by atoms with Crippen LogP contribution < -0.4 is 5.32 Å². The Labute approximate surface area is 130 Å². The highest BCUT2D eigenvalue weighted by molar-refractivity contribution is 5.94. The number of aromatic nitrogens is 2. The van der Waals surface area contributed by atoms with Gasteiger partial charge < -0.3 is 9.84 Å². The van der Waals surface area contributed by atoms with Gasteiger partial charge in [0.1, 0.15) is 0 Å². The summed E-state index contributed by atoms with van der Waals surface area (Å²) < 4.78 is 41.4. The number of nitrogens with one attached hydrogen (secondary N) is 1. The molecule has 1 aromatic heterocycles. The third-order valence-corrected chi connectivity index (χ3v) is 3.17. The fourth-order valence-corrected chi connectivity index (χ4v) is 2.04. The van der Waals surface area contributed by atoms with Gasteiger partial charge in [-0.05, 0) is 25.5 Å². The number of amides is 1. The predicted molar refractivity (Wildman–Crippen MR) is 76.6 cm³/mol. The van der Waals surface area contributed by atoms with Gasteiger partial charge in [0.05, 0.1) is 0 Å². The van der Waals surface area contributed by atoms with Gasteiger partial charge in [-0.1, -0.05) is 30.6 Å². The van der Waals surface area contributed by atoms with Crippen molar-refractivity contribution in [2.75, 3.05) is 0 Å². The van der Waals surface area contributed by atoms with Crippen LogP contribution in [0.3, 0.4) is 0 Å². The summed E-state index contributed by atoms with van der Waals surface area (Å²) >= 11 is 0. The Morgan fingerprint density at radius 2 is 1.96 bits per heavy atom. The van der Waals surface area contributed by atoms with Crippen molar-refractivity contribution in [1.29, 1.82) is 0 Å². The third-order valence-electron chi connectivity index (χ3n) is 3.17. The van der Waals surface area contributed by atoms with Crippen LogP contribution in [0.4, 0.5) is 13.2 Å². The summed E-state index contributed by atoms with van der Waals surface area (Å²) in [6.45, 7) is 3.94. The number of carbonyl (C=O) groups excluding carboxylic acids is 1. The number of carbonyl (C=O) groups is 1. The lowest BCUT2D eigenvalue weighted by molar-refractivity contribution is -0.159. The molecule has 0 spiro atoms. The average Bonchev–Trinajstić information content (AvgIpc) is 2.97. The Kier molecular flexibility index (Phi) is 5.02. The molecule has 0 saturated heterocycles. The van der Waals surface area contributed by atoms with Crippen molar-refractivity contribution in [3.63, 3.8) is 0 Å². The van der Waals surface area contributed by atoms with E-state index >= 15 is 0 Å². The van der Waals surface area contributed by atoms with Crippen LogP contribution >= 0.6 is 0 Å². The molecule has 8 heteroatoms. The average molecular weight is 327 g/mol. The summed E-state index contributed by atoms with van der Waals surface area (Å²) in [5.41, 5.74) is 0.749. The van der Waals surface area contributed by atoms with Gasteiger partial charge in [-0.15, -0.1) is 0 Å². The molecule has 1 amide bonds. The van der Waals surface area contributed by atoms with Crippen LogP contribution in [0.15, 0.2) is 28.8 Å². The highest BCUT2D eigenvalue weighted by Crippen LogP contribution is 2.29. The monoisotopic (exact) mass is 327 g/mol. The van der Waals surface area contributed by atoms with Gasteiger partial charge in [-0.2, -0.15) is 18.2 Å². The summed E-state index contributed by atoms with van der Waals surface area (Å²) in [7, 11) is 0. The Hall–Kier alpha value is -2.38. The van der Waals surface area contributed by atoms with E-state index in [0.717, 1.165) is 12.8 Å². The number of benzene rings is 1. The SMILES string of the molecule is CCCC(C)NC(=O)c1ccc(-c2noc(C(F)(F)F)n2)cc1. The van der Waals surface area contributed by atoms with Crippen molar-refractivity contribution >= 4 is 5.91 Å². The van der Waals surface area contributed by atoms with E-state index in [0.29, 0.717) is 11.1 Å². The molecule has 1 unspecified atom stereocenters. The molecular weight excluding hydrogens is 311 g/mol. The molecule has 2 aromatic rings. The van der Waals surface area contributed by atoms with Gasteiger partial charge in [0.15, 0.2) is 0 Å². The molecule has 0 fully saturated rings. The lowest BCUT2D eigenvalue weighted by Gasteiger charge is -2.12. The number of nitrogens with zero attached hydrogens (tertiary/aromatic N) is 2. The Morgan fingerprint density at radius 3 is 2.48 bits per heavy atom. The molecule has 0 saturated carbocycles. The number of rotatable bonds is 5. The Bertz CT molecular complexity index is 665. The van der Waals surface area contributed by atoms with E-state index in [1.54, 1.807) is 0 Å². The zero-order valence-corrected chi connectivity index (χ0v) is 12.6. The summed E-state index contributed by atoms with van der Waals surface area (Å²) in [6.07, 6.45) is -2.85. The van der Waals surface area contributed by atoms with E-state index in [4.69, 9.17) is 0 Å². The van der Waals surface area contributed by atoms with Crippen molar-refractivity contribution in [3.8, 4) is 11.4 Å². The second-order valence-electron chi connectivity index (χ2n) is 5.16. The van der Waals surface area contributed by atoms with Crippen molar-refractivity contribution in [3.05, 3.63) is 35.7 Å². The van der Waals surface area contributed by atoms with Crippen molar-refractivity contribution in [1.82, 2.24) is 15.5 Å². The van der Waals surface area contributed by atoms with E-state index in [-0.39, 0.29) is 17.8 Å². The molecule has 1 N–H and O–H groups in total. The summed E-state index contributed by atoms with van der Waals surface area (Å²) in [6, 6.07) is 6.02. The molecule has 0 aliphatic rings. The quantitative estimate of drug-likeness (QED) is 0.910. The van der Waals surface area contributed by atoms with Crippen LogP contribution in [-0.2, 0) is 6.18 Å². The largest absolute Gasteiger partial charge is 0.471 e. The summed E-state index contributed by atoms with van der Waals surface area (Å²) in [4.78, 5) is 15.3. The second-order valence-corrected chi connectivity index (χ2v) is 5.16. The fraction of sp³-hybridized carbons (Fsp3) is 0.400. The highest BCUT2D eigenvalue weighted by Gasteiger charge is 2.38. The van der Waals surface area contributed by atoms with Gasteiger partial charge in [-0.25, -0.2) is 0 Å². The molecular formula is C15H16F3N3O2. The number of hydrogen-bond donors (Lipinski definition) is 1. The Balaban J connectivity index is 2.10. The molecule has 23 heavy (non-hydrogen) atoms. The van der Waals surface area contributed by atoms with Gasteiger partial charge in [-0.3, -0.25) is 4.79 Å². The maximum absolute atomic E-state index is 12.4. The predicted octanol–water partition coefficient (Wildman–Crippen LogP) is 3.67. The first-order valence-corrected chi connectivity index (χ1v) is 7.13. The van der Waals surface area contributed by atoms with Gasteiger partial charge >= 0.3 is 12.1 Å². The lowest BCUT2D eigenvalue weighted by atomic mass is 10.1. The Morgan fingerprint density at radius 1 is 1.30 bits per heavy atom. The maximum Gasteiger partial charge on any atom is 0.471 e. The number of halogens is 3. The van der Waals surface area contributed by atoms with Crippen LogP contribution in [0, 0.1) is 0 Å². The van der Waals surface area contributed by atoms with Crippen LogP contribution in [0.5, 0.6) is 0 Å². The number of alkyl halides is 3. The van der Waals surface area contributed by atoms with E-state index in [9.17, 15) is 18.0 Å². The van der Waals surface area contributed by atoms with E-state index < -0.39 is 12.1 Å². The maximum atomic E-state index is 12.4. The minimum absolute atomic E-state index is 0.0544. The van der Waals surface area contributed by atoms with Crippen LogP contribution in [0.25, 0.3) is 11.4 Å². The third kappa shape index (κ3) is 4.30. The van der Waals surface area contributed by atoms with Gasteiger partial charge in [0.25, 0.3) is 5.91 Å². The van der Waals surface area contributed by atoms with Gasteiger partial charge in [0, 0.05) is 17.2 Å². The zero-order chi connectivity index (χ0) is 17.0. The first-order valence-electron chi connectivity index (χ1n) is 7.13. The molecule has 0 bridgehead atoms.